The van der Waals surface area contributed by atoms with E-state index in [1.165, 1.54) is 12.3 Å². The van der Waals surface area contributed by atoms with E-state index < -0.39 is 11.8 Å². The van der Waals surface area contributed by atoms with Gasteiger partial charge in [-0.25, -0.2) is 9.59 Å². The Morgan fingerprint density at radius 3 is 3.00 bits per heavy atom. The molecule has 0 atom stereocenters. The van der Waals surface area contributed by atoms with Crippen LogP contribution in [-0.2, 0) is 11.3 Å². The van der Waals surface area contributed by atoms with Crippen LogP contribution in [0.5, 0.6) is 0 Å². The monoisotopic (exact) mass is 265 g/mol. The standard InChI is InChI=1S/C12H9NO6.H2/c1-6-10(19-12(15)18-6)5-17-11(14)8-4-9-7(13-8)2-3-16-9;/h2-4,13H,5H2,1H3;1H. The highest BCUT2D eigenvalue weighted by Gasteiger charge is 2.15. The van der Waals surface area contributed by atoms with Gasteiger partial charge in [0, 0.05) is 13.6 Å². The third-order valence-corrected chi connectivity index (χ3v) is 2.63. The van der Waals surface area contributed by atoms with Crippen LogP contribution in [0.2, 0.25) is 0 Å². The maximum Gasteiger partial charge on any atom is 0.519 e. The van der Waals surface area contributed by atoms with Crippen molar-refractivity contribution in [3.63, 3.8) is 0 Å². The fourth-order valence-electron chi connectivity index (χ4n) is 1.67. The molecule has 0 fully saturated rings. The summed E-state index contributed by atoms with van der Waals surface area (Å²) in [5.41, 5.74) is 1.54. The van der Waals surface area contributed by atoms with E-state index in [-0.39, 0.29) is 25.2 Å². The summed E-state index contributed by atoms with van der Waals surface area (Å²) in [6, 6.07) is 3.24. The van der Waals surface area contributed by atoms with Gasteiger partial charge in [0.05, 0.1) is 11.8 Å². The van der Waals surface area contributed by atoms with Crippen molar-refractivity contribution in [2.45, 2.75) is 13.5 Å². The van der Waals surface area contributed by atoms with Crippen LogP contribution in [0.4, 0.5) is 0 Å². The molecule has 3 aromatic rings. The molecular weight excluding hydrogens is 254 g/mol. The van der Waals surface area contributed by atoms with Crippen LogP contribution >= 0.6 is 0 Å². The Morgan fingerprint density at radius 1 is 1.47 bits per heavy atom. The molecule has 0 saturated heterocycles. The van der Waals surface area contributed by atoms with E-state index in [2.05, 4.69) is 9.40 Å². The maximum absolute atomic E-state index is 11.8. The van der Waals surface area contributed by atoms with Gasteiger partial charge in [-0.1, -0.05) is 0 Å². The zero-order chi connectivity index (χ0) is 13.4. The largest absolute Gasteiger partial charge is 0.519 e. The topological polar surface area (TPSA) is 98.6 Å². The van der Waals surface area contributed by atoms with Gasteiger partial charge < -0.3 is 23.0 Å². The number of aryl methyl sites for hydroxylation is 1. The molecule has 0 radical (unpaired) electrons. The van der Waals surface area contributed by atoms with Crippen molar-refractivity contribution in [3.05, 3.63) is 46.2 Å². The summed E-state index contributed by atoms with van der Waals surface area (Å²) < 4.78 is 19.5. The minimum Gasteiger partial charge on any atom is -0.463 e. The minimum atomic E-state index is -0.819. The molecule has 0 spiro atoms. The van der Waals surface area contributed by atoms with Gasteiger partial charge in [0.25, 0.3) is 0 Å². The van der Waals surface area contributed by atoms with Crippen LogP contribution in [0, 0.1) is 6.92 Å². The van der Waals surface area contributed by atoms with Crippen molar-refractivity contribution in [2.24, 2.45) is 0 Å². The van der Waals surface area contributed by atoms with Crippen molar-refractivity contribution in [1.29, 1.82) is 0 Å². The first-order chi connectivity index (χ1) is 9.13. The third kappa shape index (κ3) is 2.05. The van der Waals surface area contributed by atoms with Crippen molar-refractivity contribution in [3.8, 4) is 0 Å². The first-order valence-electron chi connectivity index (χ1n) is 5.46. The van der Waals surface area contributed by atoms with E-state index in [0.29, 0.717) is 11.1 Å². The van der Waals surface area contributed by atoms with E-state index in [1.807, 2.05) is 0 Å². The van der Waals surface area contributed by atoms with Gasteiger partial charge in [-0.05, 0) is 6.92 Å². The highest BCUT2D eigenvalue weighted by Crippen LogP contribution is 2.17. The summed E-state index contributed by atoms with van der Waals surface area (Å²) in [5, 5.41) is 0. The van der Waals surface area contributed by atoms with Gasteiger partial charge in [0.15, 0.2) is 23.7 Å². The average molecular weight is 265 g/mol. The molecule has 3 heterocycles. The van der Waals surface area contributed by atoms with Crippen molar-refractivity contribution >= 4 is 17.1 Å². The Bertz CT molecular complexity index is 764. The van der Waals surface area contributed by atoms with E-state index in [4.69, 9.17) is 13.6 Å². The summed E-state index contributed by atoms with van der Waals surface area (Å²) in [6.45, 7) is 1.38. The first-order valence-corrected chi connectivity index (χ1v) is 5.46. The molecule has 0 saturated carbocycles. The summed E-state index contributed by atoms with van der Waals surface area (Å²) >= 11 is 0. The summed E-state index contributed by atoms with van der Waals surface area (Å²) in [5.74, 6) is -0.915. The van der Waals surface area contributed by atoms with Crippen LogP contribution in [0.1, 0.15) is 23.4 Å². The normalized spacial score (nSPS) is 11.0. The Labute approximate surface area is 107 Å². The van der Waals surface area contributed by atoms with Crippen LogP contribution in [0.25, 0.3) is 11.1 Å². The number of esters is 1. The predicted molar refractivity (Wildman–Crippen MR) is 63.8 cm³/mol. The van der Waals surface area contributed by atoms with Gasteiger partial charge in [0.2, 0.25) is 0 Å². The number of aromatic nitrogens is 1. The number of furan rings is 1. The van der Waals surface area contributed by atoms with Gasteiger partial charge in [-0.3, -0.25) is 0 Å². The third-order valence-electron chi connectivity index (χ3n) is 2.63. The first kappa shape index (κ1) is 11.4. The highest BCUT2D eigenvalue weighted by atomic mass is 16.6. The van der Waals surface area contributed by atoms with Gasteiger partial charge >= 0.3 is 11.8 Å². The molecule has 0 amide bonds. The second-order valence-corrected chi connectivity index (χ2v) is 3.89. The van der Waals surface area contributed by atoms with Crippen LogP contribution in [-0.4, -0.2) is 11.0 Å². The second-order valence-electron chi connectivity index (χ2n) is 3.89. The summed E-state index contributed by atoms with van der Waals surface area (Å²) in [4.78, 5) is 25.4. The number of carbonyl (C=O) groups is 1. The predicted octanol–water partition coefficient (Wildman–Crippen LogP) is 2.22. The average Bonchev–Trinajstić information content (AvgIpc) is 3.00. The molecule has 19 heavy (non-hydrogen) atoms. The van der Waals surface area contributed by atoms with E-state index in [9.17, 15) is 9.59 Å². The quantitative estimate of drug-likeness (QED) is 0.729. The Morgan fingerprint density at radius 2 is 2.32 bits per heavy atom. The Balaban J connectivity index is 0.00000147. The molecule has 0 aromatic carbocycles. The lowest BCUT2D eigenvalue weighted by Crippen LogP contribution is -2.05. The molecule has 7 heteroatoms. The Hall–Kier alpha value is -2.70. The number of hydrogen-bond donors (Lipinski definition) is 1. The number of rotatable bonds is 3. The van der Waals surface area contributed by atoms with E-state index in [0.717, 1.165) is 0 Å². The SMILES string of the molecule is Cc1oc(=O)oc1COC(=O)c1cc2occc2[nH]1.[HH]. The smallest absolute Gasteiger partial charge is 0.463 e. The fourth-order valence-corrected chi connectivity index (χ4v) is 1.67. The summed E-state index contributed by atoms with van der Waals surface area (Å²) in [7, 11) is 0. The number of H-pyrrole nitrogens is 1. The zero-order valence-electron chi connectivity index (χ0n) is 9.89. The lowest BCUT2D eigenvalue weighted by molar-refractivity contribution is 0.0437. The van der Waals surface area contributed by atoms with Crippen LogP contribution < -0.4 is 5.82 Å². The molecule has 0 unspecified atom stereocenters. The molecule has 3 rings (SSSR count). The maximum atomic E-state index is 11.8. The molecule has 0 aliphatic carbocycles. The summed E-state index contributed by atoms with van der Waals surface area (Å²) in [6.07, 6.45) is 1.51. The molecule has 1 N–H and O–H groups in total. The number of carbonyl (C=O) groups excluding carboxylic acids is 1. The van der Waals surface area contributed by atoms with Crippen molar-refractivity contribution < 1.29 is 24.2 Å². The van der Waals surface area contributed by atoms with E-state index >= 15 is 0 Å². The van der Waals surface area contributed by atoms with Gasteiger partial charge in [-0.15, -0.1) is 0 Å². The number of ether oxygens (including phenoxy) is 1. The number of fused-ring (bicyclic) bond motifs is 1. The van der Waals surface area contributed by atoms with Gasteiger partial charge in [0.1, 0.15) is 5.69 Å². The molecule has 100 valence electrons. The molecule has 0 aliphatic rings. The number of aromatic amines is 1. The Kier molecular flexibility index (Phi) is 2.52. The van der Waals surface area contributed by atoms with Crippen LogP contribution in [0.15, 0.2) is 36.4 Å². The molecule has 7 nitrogen and oxygen atoms in total. The lowest BCUT2D eigenvalue weighted by atomic mass is 10.4. The second kappa shape index (κ2) is 4.20. The van der Waals surface area contributed by atoms with E-state index in [1.54, 1.807) is 13.0 Å². The fraction of sp³-hybridized carbons (Fsp3) is 0.167. The number of hydrogen-bond acceptors (Lipinski definition) is 6. The highest BCUT2D eigenvalue weighted by molar-refractivity contribution is 5.93. The van der Waals surface area contributed by atoms with Gasteiger partial charge in [-0.2, -0.15) is 0 Å². The van der Waals surface area contributed by atoms with Crippen LogP contribution in [0.3, 0.4) is 0 Å². The zero-order valence-corrected chi connectivity index (χ0v) is 9.89. The molecule has 0 bridgehead atoms. The molecule has 3 aromatic heterocycles. The minimum absolute atomic E-state index is 0. The molecular formula is C12H11NO6. The molecule has 0 aliphatic heterocycles. The van der Waals surface area contributed by atoms with Crippen molar-refractivity contribution in [2.75, 3.05) is 0 Å². The van der Waals surface area contributed by atoms with Crippen molar-refractivity contribution in [1.82, 2.24) is 4.98 Å². The number of nitrogens with one attached hydrogen (secondary N) is 1. The lowest BCUT2D eigenvalue weighted by Gasteiger charge is -2.00.